The van der Waals surface area contributed by atoms with E-state index >= 15 is 0 Å². The van der Waals surface area contributed by atoms with Crippen LogP contribution in [0.1, 0.15) is 12.1 Å². The van der Waals surface area contributed by atoms with Gasteiger partial charge >= 0.3 is 0 Å². The predicted molar refractivity (Wildman–Crippen MR) is 62.5 cm³/mol. The standard InChI is InChI=1S/C9H14N4O7/c14-12(15)19-6-9(20-13(16)17)5-18-3-1-2-8-4-10-7-11-8/h4,7,9H,1-3,5-6H2,(H,10,11). The van der Waals surface area contributed by atoms with Gasteiger partial charge in [-0.1, -0.05) is 0 Å². The second-order valence-electron chi connectivity index (χ2n) is 3.73. The van der Waals surface area contributed by atoms with E-state index in [1.807, 2.05) is 0 Å². The summed E-state index contributed by atoms with van der Waals surface area (Å²) in [6, 6.07) is 0. The molecule has 1 rings (SSSR count). The number of aryl methyl sites for hydroxylation is 1. The number of H-pyrrole nitrogens is 1. The lowest BCUT2D eigenvalue weighted by Crippen LogP contribution is -2.29. The molecular weight excluding hydrogens is 276 g/mol. The topological polar surface area (TPSA) is 143 Å². The van der Waals surface area contributed by atoms with Crippen LogP contribution in [0.25, 0.3) is 0 Å². The van der Waals surface area contributed by atoms with Crippen LogP contribution in [0.3, 0.4) is 0 Å². The zero-order chi connectivity index (χ0) is 14.8. The van der Waals surface area contributed by atoms with Crippen molar-refractivity contribution in [3.05, 3.63) is 38.4 Å². The molecule has 11 heteroatoms. The molecule has 0 aliphatic carbocycles. The first-order valence-corrected chi connectivity index (χ1v) is 5.71. The quantitative estimate of drug-likeness (QED) is 0.344. The van der Waals surface area contributed by atoms with Crippen molar-refractivity contribution in [1.29, 1.82) is 0 Å². The average Bonchev–Trinajstić information content (AvgIpc) is 2.87. The Kier molecular flexibility index (Phi) is 6.75. The largest absolute Gasteiger partial charge is 0.379 e. The van der Waals surface area contributed by atoms with Crippen LogP contribution in [0.5, 0.6) is 0 Å². The molecule has 1 unspecified atom stereocenters. The fraction of sp³-hybridized carbons (Fsp3) is 0.667. The highest BCUT2D eigenvalue weighted by molar-refractivity contribution is 4.93. The molecule has 0 aliphatic rings. The van der Waals surface area contributed by atoms with Crippen LogP contribution in [0, 0.1) is 20.2 Å². The number of nitrogens with one attached hydrogen (secondary N) is 1. The van der Waals surface area contributed by atoms with E-state index in [2.05, 4.69) is 19.6 Å². The Bertz CT molecular complexity index is 410. The number of hydrogen-bond donors (Lipinski definition) is 1. The number of hydrogen-bond acceptors (Lipinski definition) is 8. The van der Waals surface area contributed by atoms with Crippen molar-refractivity contribution in [3.63, 3.8) is 0 Å². The third kappa shape index (κ3) is 7.10. The van der Waals surface area contributed by atoms with E-state index in [0.29, 0.717) is 19.4 Å². The Morgan fingerprint density at radius 1 is 1.30 bits per heavy atom. The monoisotopic (exact) mass is 290 g/mol. The van der Waals surface area contributed by atoms with Gasteiger partial charge in [0, 0.05) is 18.5 Å². The molecule has 0 saturated carbocycles. The molecular formula is C9H14N4O7. The second-order valence-corrected chi connectivity index (χ2v) is 3.73. The van der Waals surface area contributed by atoms with E-state index in [1.54, 1.807) is 12.5 Å². The van der Waals surface area contributed by atoms with Crippen LogP contribution in [-0.4, -0.2) is 46.1 Å². The van der Waals surface area contributed by atoms with Gasteiger partial charge in [-0.2, -0.15) is 0 Å². The summed E-state index contributed by atoms with van der Waals surface area (Å²) in [5.41, 5.74) is 0.948. The SMILES string of the molecule is O=[N+]([O-])OCC(COCCCc1cnc[nH]1)O[N+](=O)[O-]. The molecule has 1 heterocycles. The summed E-state index contributed by atoms with van der Waals surface area (Å²) in [7, 11) is 0. The lowest BCUT2D eigenvalue weighted by Gasteiger charge is -2.13. The fourth-order valence-corrected chi connectivity index (χ4v) is 1.38. The molecule has 1 aromatic rings. The lowest BCUT2D eigenvalue weighted by atomic mass is 10.2. The molecule has 0 aromatic carbocycles. The van der Waals surface area contributed by atoms with Gasteiger partial charge in [0.25, 0.3) is 10.2 Å². The molecule has 1 aromatic heterocycles. The number of aromatic nitrogens is 2. The number of ether oxygens (including phenoxy) is 1. The number of aromatic amines is 1. The van der Waals surface area contributed by atoms with Crippen LogP contribution in [-0.2, 0) is 20.8 Å². The van der Waals surface area contributed by atoms with Gasteiger partial charge in [-0.25, -0.2) is 4.98 Å². The van der Waals surface area contributed by atoms with Crippen LogP contribution >= 0.6 is 0 Å². The van der Waals surface area contributed by atoms with Crippen LogP contribution in [0.4, 0.5) is 0 Å². The normalized spacial score (nSPS) is 11.8. The molecule has 0 bridgehead atoms. The average molecular weight is 290 g/mol. The van der Waals surface area contributed by atoms with Gasteiger partial charge < -0.3 is 19.4 Å². The Labute approximate surface area is 113 Å². The Morgan fingerprint density at radius 3 is 2.70 bits per heavy atom. The van der Waals surface area contributed by atoms with Gasteiger partial charge in [-0.3, -0.25) is 0 Å². The molecule has 0 saturated heterocycles. The second kappa shape index (κ2) is 8.63. The predicted octanol–water partition coefficient (Wildman–Crippen LogP) is 0.144. The van der Waals surface area contributed by atoms with E-state index in [1.165, 1.54) is 0 Å². The van der Waals surface area contributed by atoms with Gasteiger partial charge in [-0.05, 0) is 12.8 Å². The molecule has 112 valence electrons. The molecule has 1 N–H and O–H groups in total. The Hall–Kier alpha value is -2.43. The summed E-state index contributed by atoms with van der Waals surface area (Å²) in [5, 5.41) is 18.1. The molecule has 11 nitrogen and oxygen atoms in total. The Balaban J connectivity index is 2.16. The van der Waals surface area contributed by atoms with Crippen molar-refractivity contribution in [2.45, 2.75) is 18.9 Å². The highest BCUT2D eigenvalue weighted by Crippen LogP contribution is 2.00. The third-order valence-electron chi connectivity index (χ3n) is 2.19. The minimum absolute atomic E-state index is 0.169. The van der Waals surface area contributed by atoms with Gasteiger partial charge in [0.15, 0.2) is 6.10 Å². The molecule has 1 atom stereocenters. The van der Waals surface area contributed by atoms with Gasteiger partial charge in [-0.15, -0.1) is 20.2 Å². The summed E-state index contributed by atoms with van der Waals surface area (Å²) in [6.45, 7) is -0.401. The maximum atomic E-state index is 10.2. The van der Waals surface area contributed by atoms with E-state index < -0.39 is 22.9 Å². The van der Waals surface area contributed by atoms with Crippen molar-refractivity contribution < 1.29 is 24.6 Å². The van der Waals surface area contributed by atoms with E-state index in [-0.39, 0.29) is 6.61 Å². The molecule has 0 radical (unpaired) electrons. The highest BCUT2D eigenvalue weighted by Gasteiger charge is 2.15. The molecule has 20 heavy (non-hydrogen) atoms. The summed E-state index contributed by atoms with van der Waals surface area (Å²) >= 11 is 0. The van der Waals surface area contributed by atoms with Crippen molar-refractivity contribution in [2.75, 3.05) is 19.8 Å². The first-order chi connectivity index (χ1) is 9.58. The van der Waals surface area contributed by atoms with Gasteiger partial charge in [0.05, 0.1) is 12.9 Å². The Morgan fingerprint density at radius 2 is 2.10 bits per heavy atom. The summed E-state index contributed by atoms with van der Waals surface area (Å²) in [6.07, 6.45) is 3.49. The van der Waals surface area contributed by atoms with Crippen LogP contribution in [0.15, 0.2) is 12.5 Å². The summed E-state index contributed by atoms with van der Waals surface area (Å²) in [4.78, 5) is 35.2. The smallest absolute Gasteiger partial charge is 0.294 e. The summed E-state index contributed by atoms with van der Waals surface area (Å²) in [5.74, 6) is 0. The highest BCUT2D eigenvalue weighted by atomic mass is 17.0. The van der Waals surface area contributed by atoms with Crippen LogP contribution < -0.4 is 0 Å². The minimum atomic E-state index is -1.14. The molecule has 0 aliphatic heterocycles. The molecule has 0 spiro atoms. The molecule has 0 amide bonds. The van der Waals surface area contributed by atoms with Gasteiger partial charge in [0.2, 0.25) is 0 Å². The van der Waals surface area contributed by atoms with Crippen molar-refractivity contribution in [1.82, 2.24) is 9.97 Å². The minimum Gasteiger partial charge on any atom is -0.379 e. The number of nitrogens with zero attached hydrogens (tertiary/aromatic N) is 3. The van der Waals surface area contributed by atoms with Gasteiger partial charge in [0.1, 0.15) is 6.61 Å². The first-order valence-electron chi connectivity index (χ1n) is 5.71. The lowest BCUT2D eigenvalue weighted by molar-refractivity contribution is -0.790. The maximum absolute atomic E-state index is 10.2. The number of imidazole rings is 1. The number of rotatable bonds is 11. The van der Waals surface area contributed by atoms with E-state index in [9.17, 15) is 20.2 Å². The maximum Gasteiger partial charge on any atom is 0.294 e. The van der Waals surface area contributed by atoms with Crippen LogP contribution in [0.2, 0.25) is 0 Å². The first kappa shape index (κ1) is 15.6. The zero-order valence-corrected chi connectivity index (χ0v) is 10.5. The van der Waals surface area contributed by atoms with E-state index in [0.717, 1.165) is 5.69 Å². The fourth-order valence-electron chi connectivity index (χ4n) is 1.38. The van der Waals surface area contributed by atoms with Crippen molar-refractivity contribution >= 4 is 0 Å². The van der Waals surface area contributed by atoms with E-state index in [4.69, 9.17) is 4.74 Å². The van der Waals surface area contributed by atoms with Crippen molar-refractivity contribution in [3.8, 4) is 0 Å². The summed E-state index contributed by atoms with van der Waals surface area (Å²) < 4.78 is 5.16. The van der Waals surface area contributed by atoms with Crippen molar-refractivity contribution in [2.24, 2.45) is 0 Å². The third-order valence-corrected chi connectivity index (χ3v) is 2.19. The molecule has 0 fully saturated rings. The zero-order valence-electron chi connectivity index (χ0n) is 10.5.